The number of alkyl halides is 1. The van der Waals surface area contributed by atoms with Crippen LogP contribution in [0.1, 0.15) is 12.0 Å². The van der Waals surface area contributed by atoms with Gasteiger partial charge in [-0.15, -0.1) is 0 Å². The molecule has 184 valence electrons. The Balaban J connectivity index is 1.11. The van der Waals surface area contributed by atoms with Crippen molar-refractivity contribution in [1.29, 1.82) is 5.26 Å². The molecule has 4 unspecified atom stereocenters. The highest BCUT2D eigenvalue weighted by Gasteiger charge is 2.55. The van der Waals surface area contributed by atoms with Gasteiger partial charge in [-0.25, -0.2) is 12.8 Å². The van der Waals surface area contributed by atoms with Gasteiger partial charge in [0, 0.05) is 36.9 Å². The zero-order chi connectivity index (χ0) is 24.7. The average Bonchev–Trinajstić information content (AvgIpc) is 3.13. The number of anilines is 2. The molecule has 10 heteroatoms. The van der Waals surface area contributed by atoms with Crippen molar-refractivity contribution in [2.24, 2.45) is 11.8 Å². The first kappa shape index (κ1) is 23.6. The molecule has 0 aromatic heterocycles. The number of amides is 1. The number of rotatable bonds is 7. The molecule has 2 aromatic carbocycles. The Hall–Kier alpha value is -3.16. The Morgan fingerprint density at radius 3 is 2.37 bits per heavy atom. The second-order valence-corrected chi connectivity index (χ2v) is 11.3. The van der Waals surface area contributed by atoms with Gasteiger partial charge in [0.2, 0.25) is 5.91 Å². The largest absolute Gasteiger partial charge is 0.371 e. The molecule has 0 radical (unpaired) electrons. The van der Waals surface area contributed by atoms with Gasteiger partial charge in [0.1, 0.15) is 12.2 Å². The molecule has 3 fully saturated rings. The van der Waals surface area contributed by atoms with Crippen LogP contribution in [0.3, 0.4) is 0 Å². The Morgan fingerprint density at radius 2 is 1.74 bits per heavy atom. The van der Waals surface area contributed by atoms with Crippen molar-refractivity contribution in [3.8, 4) is 6.07 Å². The SMILES string of the molecule is Cc1ccc(S(=O)(=O)Nc2ccc(N3CC4C(C3)C4NCC(=O)N3CC(F)CC3C#N)cc2)cc1. The van der Waals surface area contributed by atoms with Gasteiger partial charge in [-0.05, 0) is 55.2 Å². The molecule has 2 aromatic rings. The molecular formula is C25H28FN5O3S. The van der Waals surface area contributed by atoms with Crippen LogP contribution in [-0.2, 0) is 14.8 Å². The first-order chi connectivity index (χ1) is 16.7. The molecule has 4 atom stereocenters. The number of fused-ring (bicyclic) bond motifs is 1. The van der Waals surface area contributed by atoms with Crippen molar-refractivity contribution in [2.75, 3.05) is 35.8 Å². The van der Waals surface area contributed by atoms with E-state index in [9.17, 15) is 17.6 Å². The van der Waals surface area contributed by atoms with Crippen LogP contribution in [0.2, 0.25) is 0 Å². The van der Waals surface area contributed by atoms with Gasteiger partial charge in [-0.2, -0.15) is 5.26 Å². The summed E-state index contributed by atoms with van der Waals surface area (Å²) < 4.78 is 41.4. The first-order valence-electron chi connectivity index (χ1n) is 11.8. The standard InChI is InChI=1S/C25H28FN5O3S/c1-16-2-8-21(9-3-16)35(33,34)29-18-4-6-19(7-5-18)30-14-22-23(15-30)25(22)28-12-24(32)31-13-17(26)10-20(31)11-27/h2-9,17,20,22-23,25,28-29H,10,12-15H2,1H3. The van der Waals surface area contributed by atoms with Gasteiger partial charge in [-0.3, -0.25) is 9.52 Å². The number of nitrogens with zero attached hydrogens (tertiary/aromatic N) is 3. The molecule has 1 amide bonds. The third-order valence-electron chi connectivity index (χ3n) is 7.22. The molecule has 8 nitrogen and oxygen atoms in total. The second-order valence-electron chi connectivity index (χ2n) is 9.63. The van der Waals surface area contributed by atoms with E-state index in [0.717, 1.165) is 24.3 Å². The van der Waals surface area contributed by atoms with Crippen LogP contribution in [0.5, 0.6) is 0 Å². The van der Waals surface area contributed by atoms with Crippen molar-refractivity contribution in [1.82, 2.24) is 10.2 Å². The minimum atomic E-state index is -3.64. The molecule has 3 aliphatic rings. The first-order valence-corrected chi connectivity index (χ1v) is 13.2. The van der Waals surface area contributed by atoms with Crippen LogP contribution >= 0.6 is 0 Å². The van der Waals surface area contributed by atoms with E-state index in [1.807, 2.05) is 25.1 Å². The number of nitrogens with one attached hydrogen (secondary N) is 2. The predicted molar refractivity (Wildman–Crippen MR) is 130 cm³/mol. The molecule has 2 N–H and O–H groups in total. The van der Waals surface area contributed by atoms with Crippen molar-refractivity contribution in [3.05, 3.63) is 54.1 Å². The molecular weight excluding hydrogens is 469 g/mol. The van der Waals surface area contributed by atoms with E-state index in [0.29, 0.717) is 17.5 Å². The zero-order valence-corrected chi connectivity index (χ0v) is 20.2. The minimum Gasteiger partial charge on any atom is -0.371 e. The lowest BCUT2D eigenvalue weighted by molar-refractivity contribution is -0.130. The maximum absolute atomic E-state index is 13.6. The van der Waals surface area contributed by atoms with Crippen LogP contribution in [0, 0.1) is 30.1 Å². The molecule has 0 bridgehead atoms. The minimum absolute atomic E-state index is 0.00120. The normalized spacial score (nSPS) is 27.4. The molecule has 2 heterocycles. The summed E-state index contributed by atoms with van der Waals surface area (Å²) in [6.07, 6.45) is -1.03. The Kier molecular flexibility index (Phi) is 6.15. The fourth-order valence-electron chi connectivity index (χ4n) is 5.20. The fourth-order valence-corrected chi connectivity index (χ4v) is 6.26. The highest BCUT2D eigenvalue weighted by Crippen LogP contribution is 2.46. The fraction of sp³-hybridized carbons (Fsp3) is 0.440. The Labute approximate surface area is 204 Å². The van der Waals surface area contributed by atoms with Crippen molar-refractivity contribution >= 4 is 27.3 Å². The molecule has 2 aliphatic heterocycles. The van der Waals surface area contributed by atoms with E-state index in [4.69, 9.17) is 5.26 Å². The number of halogens is 1. The monoisotopic (exact) mass is 497 g/mol. The maximum atomic E-state index is 13.6. The van der Waals surface area contributed by atoms with Crippen LogP contribution < -0.4 is 14.9 Å². The number of hydrogen-bond acceptors (Lipinski definition) is 6. The smallest absolute Gasteiger partial charge is 0.261 e. The maximum Gasteiger partial charge on any atom is 0.261 e. The number of aryl methyl sites for hydroxylation is 1. The number of carbonyl (C=O) groups is 1. The summed E-state index contributed by atoms with van der Waals surface area (Å²) in [5, 5.41) is 12.4. The van der Waals surface area contributed by atoms with Gasteiger partial charge in [0.05, 0.1) is 24.1 Å². The highest BCUT2D eigenvalue weighted by molar-refractivity contribution is 7.92. The van der Waals surface area contributed by atoms with E-state index in [-0.39, 0.29) is 36.4 Å². The predicted octanol–water partition coefficient (Wildman–Crippen LogP) is 2.28. The Morgan fingerprint density at radius 1 is 1.09 bits per heavy atom. The molecule has 1 saturated carbocycles. The van der Waals surface area contributed by atoms with E-state index < -0.39 is 22.2 Å². The van der Waals surface area contributed by atoms with Gasteiger partial charge >= 0.3 is 0 Å². The number of nitriles is 1. The van der Waals surface area contributed by atoms with Crippen molar-refractivity contribution in [2.45, 2.75) is 36.5 Å². The highest BCUT2D eigenvalue weighted by atomic mass is 32.2. The number of likely N-dealkylation sites (tertiary alicyclic amines) is 1. The number of hydrogen-bond donors (Lipinski definition) is 2. The summed E-state index contributed by atoms with van der Waals surface area (Å²) in [6.45, 7) is 3.73. The summed E-state index contributed by atoms with van der Waals surface area (Å²) in [5.41, 5.74) is 2.52. The van der Waals surface area contributed by atoms with E-state index in [2.05, 4.69) is 14.9 Å². The van der Waals surface area contributed by atoms with Crippen LogP contribution in [0.25, 0.3) is 0 Å². The van der Waals surface area contributed by atoms with Crippen molar-refractivity contribution < 1.29 is 17.6 Å². The van der Waals surface area contributed by atoms with Crippen LogP contribution in [0.15, 0.2) is 53.4 Å². The number of piperidine rings is 1. The number of sulfonamides is 1. The zero-order valence-electron chi connectivity index (χ0n) is 19.4. The van der Waals surface area contributed by atoms with Gasteiger partial charge in [0.25, 0.3) is 10.0 Å². The third-order valence-corrected chi connectivity index (χ3v) is 8.62. The number of carbonyl (C=O) groups excluding carboxylic acids is 1. The lowest BCUT2D eigenvalue weighted by atomic mass is 10.2. The molecule has 2 saturated heterocycles. The van der Waals surface area contributed by atoms with Crippen LogP contribution in [0.4, 0.5) is 15.8 Å². The third kappa shape index (κ3) is 4.83. The lowest BCUT2D eigenvalue weighted by Gasteiger charge is -2.23. The van der Waals surface area contributed by atoms with Gasteiger partial charge in [0.15, 0.2) is 0 Å². The summed E-state index contributed by atoms with van der Waals surface area (Å²) in [7, 11) is -3.64. The second kappa shape index (κ2) is 9.13. The van der Waals surface area contributed by atoms with E-state index in [1.54, 1.807) is 36.4 Å². The summed E-state index contributed by atoms with van der Waals surface area (Å²) in [6, 6.07) is 15.6. The van der Waals surface area contributed by atoms with E-state index >= 15 is 0 Å². The van der Waals surface area contributed by atoms with E-state index in [1.165, 1.54) is 4.90 Å². The van der Waals surface area contributed by atoms with Crippen molar-refractivity contribution in [3.63, 3.8) is 0 Å². The summed E-state index contributed by atoms with van der Waals surface area (Å²) >= 11 is 0. The molecule has 0 spiro atoms. The molecule has 1 aliphatic carbocycles. The van der Waals surface area contributed by atoms with Gasteiger partial charge in [-0.1, -0.05) is 17.7 Å². The van der Waals surface area contributed by atoms with Gasteiger partial charge < -0.3 is 15.1 Å². The topological polar surface area (TPSA) is 106 Å². The average molecular weight is 498 g/mol. The molecule has 5 rings (SSSR count). The number of benzene rings is 2. The van der Waals surface area contributed by atoms with Crippen LogP contribution in [-0.4, -0.2) is 63.7 Å². The lowest BCUT2D eigenvalue weighted by Crippen LogP contribution is -2.42. The Bertz CT molecular complexity index is 1230. The quantitative estimate of drug-likeness (QED) is 0.608. The summed E-state index contributed by atoms with van der Waals surface area (Å²) in [5.74, 6) is 0.644. The molecule has 35 heavy (non-hydrogen) atoms. The summed E-state index contributed by atoms with van der Waals surface area (Å²) in [4.78, 5) is 16.2.